The first-order valence-electron chi connectivity index (χ1n) is 9.71. The highest BCUT2D eigenvalue weighted by Gasteiger charge is 2.32. The van der Waals surface area contributed by atoms with E-state index < -0.39 is 5.91 Å². The number of rotatable bonds is 7. The number of hydrogen-bond donors (Lipinski definition) is 1. The van der Waals surface area contributed by atoms with Crippen molar-refractivity contribution in [3.05, 3.63) is 74.4 Å². The van der Waals surface area contributed by atoms with E-state index in [1.807, 2.05) is 11.4 Å². The second-order valence-corrected chi connectivity index (χ2v) is 9.16. The Morgan fingerprint density at radius 3 is 2.63 bits per heavy atom. The molecule has 1 unspecified atom stereocenters. The zero-order valence-corrected chi connectivity index (χ0v) is 17.9. The molecule has 0 saturated heterocycles. The Balaban J connectivity index is 1.59. The van der Waals surface area contributed by atoms with Crippen LogP contribution < -0.4 is 10.6 Å². The number of hydrogen-bond acceptors (Lipinski definition) is 5. The van der Waals surface area contributed by atoms with Gasteiger partial charge in [0.15, 0.2) is 0 Å². The van der Waals surface area contributed by atoms with E-state index in [1.54, 1.807) is 34.8 Å². The summed E-state index contributed by atoms with van der Waals surface area (Å²) in [6, 6.07) is 12.0. The molecule has 1 aromatic carbocycles. The number of anilines is 1. The van der Waals surface area contributed by atoms with E-state index in [2.05, 4.69) is 22.4 Å². The average molecular weight is 444 g/mol. The van der Waals surface area contributed by atoms with Gasteiger partial charge in [-0.25, -0.2) is 4.39 Å². The lowest BCUT2D eigenvalue weighted by molar-refractivity contribution is -0.120. The molecule has 2 amide bonds. The minimum atomic E-state index is -0.479. The summed E-state index contributed by atoms with van der Waals surface area (Å²) in [5.74, 6) is -0.991. The molecular formula is C22H22FN3O2S2. The van der Waals surface area contributed by atoms with Crippen molar-refractivity contribution in [3.63, 3.8) is 0 Å². The summed E-state index contributed by atoms with van der Waals surface area (Å²) in [6.45, 7) is 1.14. The van der Waals surface area contributed by atoms with E-state index in [1.165, 1.54) is 32.4 Å². The molecule has 30 heavy (non-hydrogen) atoms. The van der Waals surface area contributed by atoms with Crippen molar-refractivity contribution in [1.82, 2.24) is 4.90 Å². The second kappa shape index (κ2) is 9.07. The van der Waals surface area contributed by atoms with Gasteiger partial charge in [0.1, 0.15) is 5.82 Å². The van der Waals surface area contributed by atoms with Gasteiger partial charge in [-0.15, -0.1) is 22.7 Å². The van der Waals surface area contributed by atoms with E-state index in [0.29, 0.717) is 5.69 Å². The van der Waals surface area contributed by atoms with Crippen LogP contribution in [0.5, 0.6) is 0 Å². The quantitative estimate of drug-likeness (QED) is 0.604. The first-order chi connectivity index (χ1) is 14.5. The third-order valence-electron chi connectivity index (χ3n) is 5.24. The molecule has 0 fully saturated rings. The number of fused-ring (bicyclic) bond motifs is 1. The molecule has 1 atom stereocenters. The molecule has 1 aliphatic heterocycles. The second-order valence-electron chi connectivity index (χ2n) is 7.18. The van der Waals surface area contributed by atoms with Crippen LogP contribution in [-0.4, -0.2) is 36.3 Å². The monoisotopic (exact) mass is 443 g/mol. The highest BCUT2D eigenvalue weighted by atomic mass is 32.1. The van der Waals surface area contributed by atoms with E-state index in [0.717, 1.165) is 13.0 Å². The lowest BCUT2D eigenvalue weighted by Crippen LogP contribution is -2.45. The van der Waals surface area contributed by atoms with Crippen LogP contribution in [-0.2, 0) is 16.0 Å². The fourth-order valence-electron chi connectivity index (χ4n) is 3.82. The number of primary amides is 1. The van der Waals surface area contributed by atoms with Crippen molar-refractivity contribution in [2.75, 3.05) is 24.5 Å². The Bertz CT molecular complexity index is 1020. The number of nitrogens with zero attached hydrogens (tertiary/aromatic N) is 2. The molecule has 4 rings (SSSR count). The maximum atomic E-state index is 13.4. The maximum Gasteiger partial charge on any atom is 0.241 e. The van der Waals surface area contributed by atoms with Crippen molar-refractivity contribution >= 4 is 40.2 Å². The summed E-state index contributed by atoms with van der Waals surface area (Å²) >= 11 is 3.44. The molecule has 0 spiro atoms. The van der Waals surface area contributed by atoms with Gasteiger partial charge in [-0.05, 0) is 59.1 Å². The van der Waals surface area contributed by atoms with Gasteiger partial charge >= 0.3 is 0 Å². The summed E-state index contributed by atoms with van der Waals surface area (Å²) < 4.78 is 13.4. The van der Waals surface area contributed by atoms with Crippen LogP contribution in [0.1, 0.15) is 27.8 Å². The van der Waals surface area contributed by atoms with Crippen molar-refractivity contribution < 1.29 is 14.0 Å². The fraction of sp³-hybridized carbons (Fsp3) is 0.273. The zero-order valence-electron chi connectivity index (χ0n) is 16.3. The van der Waals surface area contributed by atoms with Gasteiger partial charge in [-0.1, -0.05) is 6.07 Å². The van der Waals surface area contributed by atoms with Gasteiger partial charge in [-0.2, -0.15) is 0 Å². The van der Waals surface area contributed by atoms with Gasteiger partial charge < -0.3 is 10.6 Å². The number of nitrogens with two attached hydrogens (primary N) is 1. The number of carbonyl (C=O) groups excluding carboxylic acids is 2. The molecule has 1 aliphatic rings. The van der Waals surface area contributed by atoms with Gasteiger partial charge in [-0.3, -0.25) is 14.5 Å². The first kappa shape index (κ1) is 20.7. The molecule has 3 heterocycles. The molecule has 0 bridgehead atoms. The Morgan fingerprint density at radius 1 is 1.13 bits per heavy atom. The molecule has 0 saturated carbocycles. The number of thiophene rings is 2. The summed E-state index contributed by atoms with van der Waals surface area (Å²) in [4.78, 5) is 30.9. The van der Waals surface area contributed by atoms with Crippen LogP contribution in [0.25, 0.3) is 0 Å². The molecule has 0 aliphatic carbocycles. The van der Waals surface area contributed by atoms with Gasteiger partial charge in [0.2, 0.25) is 11.8 Å². The first-order valence-corrected chi connectivity index (χ1v) is 11.5. The predicted molar refractivity (Wildman–Crippen MR) is 118 cm³/mol. The molecule has 156 valence electrons. The predicted octanol–water partition coefficient (Wildman–Crippen LogP) is 3.80. The number of benzene rings is 1. The van der Waals surface area contributed by atoms with Crippen molar-refractivity contribution in [2.45, 2.75) is 18.9 Å². The Hall–Kier alpha value is -2.55. The van der Waals surface area contributed by atoms with E-state index in [-0.39, 0.29) is 37.3 Å². The Morgan fingerprint density at radius 2 is 1.93 bits per heavy atom. The molecule has 2 N–H and O–H groups in total. The van der Waals surface area contributed by atoms with Crippen LogP contribution >= 0.6 is 22.7 Å². The summed E-state index contributed by atoms with van der Waals surface area (Å²) in [5.41, 5.74) is 7.13. The highest BCUT2D eigenvalue weighted by Crippen LogP contribution is 2.39. The molecule has 2 aromatic heterocycles. The van der Waals surface area contributed by atoms with E-state index in [4.69, 9.17) is 5.73 Å². The highest BCUT2D eigenvalue weighted by molar-refractivity contribution is 7.10. The van der Waals surface area contributed by atoms with Crippen molar-refractivity contribution in [3.8, 4) is 0 Å². The lowest BCUT2D eigenvalue weighted by Gasteiger charge is -2.36. The third kappa shape index (κ3) is 4.45. The summed E-state index contributed by atoms with van der Waals surface area (Å²) in [6.07, 6.45) is 0.951. The van der Waals surface area contributed by atoms with Gasteiger partial charge in [0.25, 0.3) is 0 Å². The Kier molecular flexibility index (Phi) is 6.26. The standard InChI is InChI=1S/C22H22FN3O2S2/c23-15-3-5-16(6-4-15)26(11-8-20(24)27)21(28)14-25-10-7-18-17(9-13-30-18)22(25)19-2-1-12-29-19/h1-6,9,12-13,22H,7-8,10-11,14H2,(H2,24,27). The van der Waals surface area contributed by atoms with Crippen molar-refractivity contribution in [1.29, 1.82) is 0 Å². The van der Waals surface area contributed by atoms with Crippen LogP contribution in [0.2, 0.25) is 0 Å². The summed E-state index contributed by atoms with van der Waals surface area (Å²) in [5, 5.41) is 4.15. The van der Waals surface area contributed by atoms with Crippen LogP contribution in [0.4, 0.5) is 10.1 Å². The number of halogens is 1. The maximum absolute atomic E-state index is 13.4. The van der Waals surface area contributed by atoms with Crippen LogP contribution in [0, 0.1) is 5.82 Å². The third-order valence-corrected chi connectivity index (χ3v) is 7.16. The zero-order chi connectivity index (χ0) is 21.1. The lowest BCUT2D eigenvalue weighted by atomic mass is 9.98. The van der Waals surface area contributed by atoms with Crippen LogP contribution in [0.3, 0.4) is 0 Å². The largest absolute Gasteiger partial charge is 0.370 e. The average Bonchev–Trinajstić information content (AvgIpc) is 3.41. The van der Waals surface area contributed by atoms with Crippen molar-refractivity contribution in [2.24, 2.45) is 5.73 Å². The molecule has 8 heteroatoms. The minimum Gasteiger partial charge on any atom is -0.370 e. The number of carbonyl (C=O) groups is 2. The molecule has 5 nitrogen and oxygen atoms in total. The van der Waals surface area contributed by atoms with Gasteiger partial charge in [0.05, 0.1) is 12.6 Å². The fourth-order valence-corrected chi connectivity index (χ4v) is 5.60. The molecular weight excluding hydrogens is 421 g/mol. The number of amides is 2. The normalized spacial score (nSPS) is 16.2. The Labute approximate surface area is 182 Å². The van der Waals surface area contributed by atoms with Gasteiger partial charge in [0, 0.05) is 35.0 Å². The van der Waals surface area contributed by atoms with Crippen LogP contribution in [0.15, 0.2) is 53.2 Å². The van der Waals surface area contributed by atoms with E-state index >= 15 is 0 Å². The smallest absolute Gasteiger partial charge is 0.241 e. The van der Waals surface area contributed by atoms with E-state index in [9.17, 15) is 14.0 Å². The molecule has 3 aromatic rings. The molecule has 0 radical (unpaired) electrons. The summed E-state index contributed by atoms with van der Waals surface area (Å²) in [7, 11) is 0. The minimum absolute atomic E-state index is 0.0372. The topological polar surface area (TPSA) is 66.6 Å². The SMILES string of the molecule is NC(=O)CCN(C(=O)CN1CCc2sccc2C1c1cccs1)c1ccc(F)cc1.